The fraction of sp³-hybridized carbons (Fsp3) is 0.444. The van der Waals surface area contributed by atoms with Gasteiger partial charge in [-0.3, -0.25) is 0 Å². The van der Waals surface area contributed by atoms with Gasteiger partial charge in [-0.1, -0.05) is 6.92 Å². The zero-order chi connectivity index (χ0) is 10.0. The molecule has 0 aromatic carbocycles. The van der Waals surface area contributed by atoms with Crippen LogP contribution in [0, 0.1) is 6.92 Å². The van der Waals surface area contributed by atoms with Gasteiger partial charge in [0.15, 0.2) is 0 Å². The maximum atomic E-state index is 10.7. The van der Waals surface area contributed by atoms with Crippen LogP contribution in [0.2, 0.25) is 0 Å². The van der Waals surface area contributed by atoms with Crippen LogP contribution in [0.1, 0.15) is 40.2 Å². The minimum absolute atomic E-state index is 0.0376. The molecule has 1 aromatic rings. The summed E-state index contributed by atoms with van der Waals surface area (Å²) in [6, 6.07) is -0.0376. The SMILES string of the molecule is CC[C@@H](N)c1csc(C(=O)O)c1C. The van der Waals surface area contributed by atoms with Gasteiger partial charge in [0.25, 0.3) is 0 Å². The third-order valence-corrected chi connectivity index (χ3v) is 3.20. The fourth-order valence-corrected chi connectivity index (χ4v) is 2.22. The van der Waals surface area contributed by atoms with Crippen molar-refractivity contribution < 1.29 is 9.90 Å². The van der Waals surface area contributed by atoms with E-state index in [1.165, 1.54) is 11.3 Å². The lowest BCUT2D eigenvalue weighted by atomic mass is 10.0. The van der Waals surface area contributed by atoms with Crippen molar-refractivity contribution >= 4 is 17.3 Å². The summed E-state index contributed by atoms with van der Waals surface area (Å²) in [6.07, 6.45) is 0.830. The minimum atomic E-state index is -0.864. The van der Waals surface area contributed by atoms with Gasteiger partial charge >= 0.3 is 5.97 Å². The van der Waals surface area contributed by atoms with Crippen LogP contribution in [-0.4, -0.2) is 11.1 Å². The molecule has 0 radical (unpaired) electrons. The number of aromatic carboxylic acids is 1. The number of rotatable bonds is 3. The molecule has 0 unspecified atom stereocenters. The molecular formula is C9H13NO2S. The van der Waals surface area contributed by atoms with E-state index in [0.717, 1.165) is 17.5 Å². The molecule has 1 atom stereocenters. The molecule has 0 saturated heterocycles. The Morgan fingerprint density at radius 2 is 2.38 bits per heavy atom. The van der Waals surface area contributed by atoms with E-state index in [-0.39, 0.29) is 6.04 Å². The first kappa shape index (κ1) is 10.2. The van der Waals surface area contributed by atoms with E-state index < -0.39 is 5.97 Å². The highest BCUT2D eigenvalue weighted by Gasteiger charge is 2.16. The van der Waals surface area contributed by atoms with Gasteiger partial charge in [0.1, 0.15) is 4.88 Å². The first-order chi connectivity index (χ1) is 6.07. The van der Waals surface area contributed by atoms with Crippen LogP contribution in [0.3, 0.4) is 0 Å². The van der Waals surface area contributed by atoms with Crippen molar-refractivity contribution in [2.24, 2.45) is 5.73 Å². The van der Waals surface area contributed by atoms with Gasteiger partial charge in [0.2, 0.25) is 0 Å². The molecule has 1 rings (SSSR count). The molecule has 13 heavy (non-hydrogen) atoms. The van der Waals surface area contributed by atoms with Gasteiger partial charge in [-0.2, -0.15) is 0 Å². The number of hydrogen-bond acceptors (Lipinski definition) is 3. The van der Waals surface area contributed by atoms with Gasteiger partial charge < -0.3 is 10.8 Å². The summed E-state index contributed by atoms with van der Waals surface area (Å²) in [5.74, 6) is -0.864. The van der Waals surface area contributed by atoms with Crippen molar-refractivity contribution in [2.75, 3.05) is 0 Å². The third-order valence-electron chi connectivity index (χ3n) is 2.11. The average molecular weight is 199 g/mol. The molecule has 0 aliphatic rings. The summed E-state index contributed by atoms with van der Waals surface area (Å²) in [5.41, 5.74) is 7.60. The molecule has 72 valence electrons. The molecule has 3 N–H and O–H groups in total. The molecule has 0 aliphatic heterocycles. The number of carbonyl (C=O) groups is 1. The number of hydrogen-bond donors (Lipinski definition) is 2. The van der Waals surface area contributed by atoms with Crippen LogP contribution in [0.15, 0.2) is 5.38 Å². The van der Waals surface area contributed by atoms with E-state index in [4.69, 9.17) is 10.8 Å². The highest BCUT2D eigenvalue weighted by molar-refractivity contribution is 7.12. The van der Waals surface area contributed by atoms with Crippen molar-refractivity contribution in [1.82, 2.24) is 0 Å². The molecule has 0 spiro atoms. The van der Waals surface area contributed by atoms with E-state index >= 15 is 0 Å². The van der Waals surface area contributed by atoms with Crippen molar-refractivity contribution in [3.8, 4) is 0 Å². The predicted molar refractivity (Wildman–Crippen MR) is 53.2 cm³/mol. The Morgan fingerprint density at radius 3 is 2.77 bits per heavy atom. The largest absolute Gasteiger partial charge is 0.477 e. The lowest BCUT2D eigenvalue weighted by molar-refractivity contribution is 0.0701. The van der Waals surface area contributed by atoms with Crippen LogP contribution in [-0.2, 0) is 0 Å². The Morgan fingerprint density at radius 1 is 1.77 bits per heavy atom. The van der Waals surface area contributed by atoms with Gasteiger partial charge in [-0.15, -0.1) is 11.3 Å². The van der Waals surface area contributed by atoms with Gasteiger partial charge in [-0.25, -0.2) is 4.79 Å². The van der Waals surface area contributed by atoms with Crippen molar-refractivity contribution in [3.63, 3.8) is 0 Å². The first-order valence-corrected chi connectivity index (χ1v) is 5.02. The van der Waals surface area contributed by atoms with E-state index in [0.29, 0.717) is 4.88 Å². The van der Waals surface area contributed by atoms with E-state index in [2.05, 4.69) is 0 Å². The van der Waals surface area contributed by atoms with Crippen molar-refractivity contribution in [1.29, 1.82) is 0 Å². The Balaban J connectivity index is 3.06. The van der Waals surface area contributed by atoms with E-state index in [1.807, 2.05) is 19.2 Å². The number of carboxylic acids is 1. The number of thiophene rings is 1. The van der Waals surface area contributed by atoms with Crippen LogP contribution >= 0.6 is 11.3 Å². The maximum absolute atomic E-state index is 10.7. The predicted octanol–water partition coefficient (Wildman–Crippen LogP) is 2.16. The zero-order valence-corrected chi connectivity index (χ0v) is 8.52. The van der Waals surface area contributed by atoms with Crippen molar-refractivity contribution in [2.45, 2.75) is 26.3 Å². The summed E-state index contributed by atoms with van der Waals surface area (Å²) in [5, 5.41) is 10.6. The molecule has 0 amide bonds. The second kappa shape index (κ2) is 3.89. The Hall–Kier alpha value is -0.870. The fourth-order valence-electron chi connectivity index (χ4n) is 1.23. The highest BCUT2D eigenvalue weighted by atomic mass is 32.1. The summed E-state index contributed by atoms with van der Waals surface area (Å²) in [7, 11) is 0. The zero-order valence-electron chi connectivity index (χ0n) is 7.70. The van der Waals surface area contributed by atoms with Gasteiger partial charge in [0.05, 0.1) is 0 Å². The first-order valence-electron chi connectivity index (χ1n) is 4.14. The Labute approximate surface area is 81.2 Å². The second-order valence-corrected chi connectivity index (χ2v) is 3.84. The molecule has 3 nitrogen and oxygen atoms in total. The Bertz CT molecular complexity index is 319. The second-order valence-electron chi connectivity index (χ2n) is 2.97. The summed E-state index contributed by atoms with van der Waals surface area (Å²) in [4.78, 5) is 11.1. The summed E-state index contributed by atoms with van der Waals surface area (Å²) >= 11 is 1.25. The lowest BCUT2D eigenvalue weighted by Gasteiger charge is -2.07. The molecule has 1 aromatic heterocycles. The number of carboxylic acid groups (broad SMARTS) is 1. The molecule has 1 heterocycles. The average Bonchev–Trinajstić information content (AvgIpc) is 2.46. The van der Waals surface area contributed by atoms with Crippen LogP contribution in [0.5, 0.6) is 0 Å². The summed E-state index contributed by atoms with van der Waals surface area (Å²) in [6.45, 7) is 3.80. The standard InChI is InChI=1S/C9H13NO2S/c1-3-7(10)6-4-13-8(5(6)2)9(11)12/h4,7H,3,10H2,1-2H3,(H,11,12)/t7-/m1/s1. The summed E-state index contributed by atoms with van der Waals surface area (Å²) < 4.78 is 0. The lowest BCUT2D eigenvalue weighted by Crippen LogP contribution is -2.09. The van der Waals surface area contributed by atoms with Gasteiger partial charge in [-0.05, 0) is 29.9 Å². The molecule has 0 fully saturated rings. The minimum Gasteiger partial charge on any atom is -0.477 e. The smallest absolute Gasteiger partial charge is 0.346 e. The highest BCUT2D eigenvalue weighted by Crippen LogP contribution is 2.27. The molecule has 0 bridgehead atoms. The topological polar surface area (TPSA) is 63.3 Å². The van der Waals surface area contributed by atoms with Crippen LogP contribution in [0.4, 0.5) is 0 Å². The van der Waals surface area contributed by atoms with E-state index in [1.54, 1.807) is 0 Å². The molecule has 0 saturated carbocycles. The maximum Gasteiger partial charge on any atom is 0.346 e. The monoisotopic (exact) mass is 199 g/mol. The third kappa shape index (κ3) is 1.89. The van der Waals surface area contributed by atoms with Crippen LogP contribution < -0.4 is 5.73 Å². The molecule has 4 heteroatoms. The van der Waals surface area contributed by atoms with Crippen molar-refractivity contribution in [3.05, 3.63) is 21.4 Å². The molecular weight excluding hydrogens is 186 g/mol. The quantitative estimate of drug-likeness (QED) is 0.784. The molecule has 0 aliphatic carbocycles. The number of nitrogens with two attached hydrogens (primary N) is 1. The normalized spacial score (nSPS) is 12.8. The van der Waals surface area contributed by atoms with Crippen LogP contribution in [0.25, 0.3) is 0 Å². The van der Waals surface area contributed by atoms with Gasteiger partial charge in [0, 0.05) is 6.04 Å². The Kier molecular flexibility index (Phi) is 3.06. The van der Waals surface area contributed by atoms with E-state index in [9.17, 15) is 4.79 Å².